The lowest BCUT2D eigenvalue weighted by Gasteiger charge is -2.18. The average Bonchev–Trinajstić information content (AvgIpc) is 2.85. The fourth-order valence-electron chi connectivity index (χ4n) is 3.71. The predicted molar refractivity (Wildman–Crippen MR) is 91.5 cm³/mol. The highest BCUT2D eigenvalue weighted by atomic mass is 35.5. The van der Waals surface area contributed by atoms with Gasteiger partial charge >= 0.3 is 0 Å². The van der Waals surface area contributed by atoms with Crippen LogP contribution in [0.3, 0.4) is 0 Å². The second-order valence-corrected chi connectivity index (χ2v) is 6.31. The Morgan fingerprint density at radius 3 is 2.68 bits per heavy atom. The molecule has 0 fully saturated rings. The Morgan fingerprint density at radius 2 is 1.91 bits per heavy atom. The minimum absolute atomic E-state index is 0.171. The minimum Gasteiger partial charge on any atom is -0.396 e. The van der Waals surface area contributed by atoms with Gasteiger partial charge in [-0.3, -0.25) is 0 Å². The van der Waals surface area contributed by atoms with Crippen LogP contribution < -0.4 is 0 Å². The first kappa shape index (κ1) is 13.9. The Hall–Kier alpha value is -1.77. The van der Waals surface area contributed by atoms with Crippen molar-refractivity contribution in [2.45, 2.75) is 25.8 Å². The second kappa shape index (κ2) is 5.45. The maximum Gasteiger partial charge on any atom is 0.0524 e. The maximum atomic E-state index is 9.53. The summed E-state index contributed by atoms with van der Waals surface area (Å²) in [5, 5.41) is 11.6. The summed E-state index contributed by atoms with van der Waals surface area (Å²) in [4.78, 5) is 0. The van der Waals surface area contributed by atoms with E-state index in [4.69, 9.17) is 11.6 Å². The second-order valence-electron chi connectivity index (χ2n) is 5.88. The molecule has 0 saturated heterocycles. The molecule has 0 spiro atoms. The van der Waals surface area contributed by atoms with Gasteiger partial charge in [0.05, 0.1) is 11.2 Å². The van der Waals surface area contributed by atoms with E-state index in [1.54, 1.807) is 0 Å². The lowest BCUT2D eigenvalue weighted by Crippen LogP contribution is -2.08. The lowest BCUT2D eigenvalue weighted by atomic mass is 10.0. The topological polar surface area (TPSA) is 25.2 Å². The van der Waals surface area contributed by atoms with Crippen molar-refractivity contribution in [2.24, 2.45) is 0 Å². The van der Waals surface area contributed by atoms with Crippen LogP contribution in [0.5, 0.6) is 0 Å². The number of benzene rings is 2. The number of aryl methyl sites for hydroxylation is 2. The van der Waals surface area contributed by atoms with E-state index in [0.717, 1.165) is 18.0 Å². The zero-order valence-corrected chi connectivity index (χ0v) is 13.1. The van der Waals surface area contributed by atoms with Crippen molar-refractivity contribution < 1.29 is 5.11 Å². The van der Waals surface area contributed by atoms with Gasteiger partial charge in [0.2, 0.25) is 0 Å². The highest BCUT2D eigenvalue weighted by molar-refractivity contribution is 6.30. The van der Waals surface area contributed by atoms with Gasteiger partial charge in [0, 0.05) is 23.6 Å². The van der Waals surface area contributed by atoms with Crippen LogP contribution in [0.15, 0.2) is 42.5 Å². The molecule has 3 aromatic rings. The molecule has 0 unspecified atom stereocenters. The quantitative estimate of drug-likeness (QED) is 0.760. The van der Waals surface area contributed by atoms with Gasteiger partial charge in [-0.25, -0.2) is 0 Å². The van der Waals surface area contributed by atoms with Crippen molar-refractivity contribution in [3.8, 4) is 11.3 Å². The van der Waals surface area contributed by atoms with Gasteiger partial charge in [0.25, 0.3) is 0 Å². The molecule has 0 amide bonds. The maximum absolute atomic E-state index is 9.53. The van der Waals surface area contributed by atoms with Gasteiger partial charge < -0.3 is 9.67 Å². The molecule has 2 aromatic carbocycles. The molecule has 0 aliphatic carbocycles. The fraction of sp³-hybridized carbons (Fsp3) is 0.263. The Morgan fingerprint density at radius 1 is 1.09 bits per heavy atom. The first-order valence-electron chi connectivity index (χ1n) is 7.79. The number of aliphatic hydroxyl groups excluding tert-OH is 1. The molecule has 0 radical (unpaired) electrons. The first-order chi connectivity index (χ1) is 10.8. The van der Waals surface area contributed by atoms with Gasteiger partial charge in [-0.15, -0.1) is 0 Å². The van der Waals surface area contributed by atoms with Crippen molar-refractivity contribution in [3.05, 3.63) is 58.6 Å². The molecule has 2 nitrogen and oxygen atoms in total. The molecule has 112 valence electrons. The van der Waals surface area contributed by atoms with Gasteiger partial charge in [0.1, 0.15) is 0 Å². The summed E-state index contributed by atoms with van der Waals surface area (Å²) in [6.45, 7) is 1.21. The normalized spacial score (nSPS) is 13.7. The van der Waals surface area contributed by atoms with Gasteiger partial charge in [-0.05, 0) is 48.1 Å². The number of aliphatic hydroxyl groups is 1. The van der Waals surface area contributed by atoms with Crippen LogP contribution in [0.1, 0.15) is 17.5 Å². The van der Waals surface area contributed by atoms with Crippen molar-refractivity contribution in [2.75, 3.05) is 6.61 Å². The predicted octanol–water partition coefficient (Wildman–Crippen LogP) is 4.44. The molecule has 1 aliphatic rings. The third-order valence-electron chi connectivity index (χ3n) is 4.58. The molecule has 1 N–H and O–H groups in total. The minimum atomic E-state index is 0.171. The number of para-hydroxylation sites is 1. The molecular formula is C19H18ClNO. The highest BCUT2D eigenvalue weighted by Gasteiger charge is 2.22. The lowest BCUT2D eigenvalue weighted by molar-refractivity contribution is 0.300. The van der Waals surface area contributed by atoms with E-state index in [0.29, 0.717) is 6.42 Å². The first-order valence-corrected chi connectivity index (χ1v) is 8.17. The molecular weight excluding hydrogens is 294 g/mol. The van der Waals surface area contributed by atoms with Crippen molar-refractivity contribution in [3.63, 3.8) is 0 Å². The van der Waals surface area contributed by atoms with E-state index in [2.05, 4.69) is 34.9 Å². The van der Waals surface area contributed by atoms with Crippen LogP contribution in [-0.2, 0) is 19.4 Å². The van der Waals surface area contributed by atoms with E-state index in [1.165, 1.54) is 39.7 Å². The number of nitrogens with zero attached hydrogens (tertiary/aromatic N) is 1. The summed E-state index contributed by atoms with van der Waals surface area (Å²) < 4.78 is 2.43. The number of hydrogen-bond donors (Lipinski definition) is 1. The van der Waals surface area contributed by atoms with E-state index in [-0.39, 0.29) is 6.61 Å². The fourth-order valence-corrected chi connectivity index (χ4v) is 3.84. The number of rotatable bonds is 3. The summed E-state index contributed by atoms with van der Waals surface area (Å²) in [5.41, 5.74) is 6.44. The van der Waals surface area contributed by atoms with E-state index < -0.39 is 0 Å². The molecule has 0 atom stereocenters. The number of halogens is 1. The van der Waals surface area contributed by atoms with Crippen LogP contribution in [0.4, 0.5) is 0 Å². The van der Waals surface area contributed by atoms with Crippen molar-refractivity contribution in [1.82, 2.24) is 4.57 Å². The molecule has 4 rings (SSSR count). The van der Waals surface area contributed by atoms with Crippen LogP contribution in [0, 0.1) is 0 Å². The number of hydrogen-bond acceptors (Lipinski definition) is 1. The molecule has 2 heterocycles. The molecule has 3 heteroatoms. The van der Waals surface area contributed by atoms with Crippen molar-refractivity contribution in [1.29, 1.82) is 0 Å². The third-order valence-corrected chi connectivity index (χ3v) is 4.83. The van der Waals surface area contributed by atoms with E-state index >= 15 is 0 Å². The molecule has 1 aliphatic heterocycles. The summed E-state index contributed by atoms with van der Waals surface area (Å²) in [6, 6.07) is 14.6. The summed E-state index contributed by atoms with van der Waals surface area (Å²) >= 11 is 6.04. The van der Waals surface area contributed by atoms with Crippen LogP contribution in [0.25, 0.3) is 22.2 Å². The van der Waals surface area contributed by atoms with Crippen LogP contribution in [-0.4, -0.2) is 16.3 Å². The molecule has 22 heavy (non-hydrogen) atoms. The average molecular weight is 312 g/mol. The zero-order valence-electron chi connectivity index (χ0n) is 12.3. The monoisotopic (exact) mass is 311 g/mol. The molecule has 0 bridgehead atoms. The Kier molecular flexibility index (Phi) is 3.44. The zero-order chi connectivity index (χ0) is 15.1. The summed E-state index contributed by atoms with van der Waals surface area (Å²) in [5.74, 6) is 0. The smallest absolute Gasteiger partial charge is 0.0524 e. The third kappa shape index (κ3) is 2.06. The molecule has 0 saturated carbocycles. The SMILES string of the molecule is OCCc1c(-c2ccc(Cl)cc2)n2c3c(cccc13)CCC2. The van der Waals surface area contributed by atoms with Gasteiger partial charge in [-0.2, -0.15) is 0 Å². The van der Waals surface area contributed by atoms with Crippen LogP contribution in [0.2, 0.25) is 5.02 Å². The highest BCUT2D eigenvalue weighted by Crippen LogP contribution is 2.38. The van der Waals surface area contributed by atoms with Crippen LogP contribution >= 0.6 is 11.6 Å². The van der Waals surface area contributed by atoms with Gasteiger partial charge in [0.15, 0.2) is 0 Å². The Labute approximate surface area is 135 Å². The Bertz CT molecular complexity index is 833. The molecule has 1 aromatic heterocycles. The summed E-state index contributed by atoms with van der Waals surface area (Å²) in [7, 11) is 0. The Balaban J connectivity index is 2.06. The van der Waals surface area contributed by atoms with E-state index in [9.17, 15) is 5.11 Å². The largest absolute Gasteiger partial charge is 0.396 e. The van der Waals surface area contributed by atoms with Gasteiger partial charge in [-0.1, -0.05) is 41.9 Å². The standard InChI is InChI=1S/C19H18ClNO/c20-15-8-6-14(7-9-15)19-17(10-12-22)16-5-1-3-13-4-2-11-21(19)18(13)16/h1,3,5-9,22H,2,4,10-12H2. The van der Waals surface area contributed by atoms with E-state index in [1.807, 2.05) is 12.1 Å². The van der Waals surface area contributed by atoms with Crippen molar-refractivity contribution >= 4 is 22.5 Å². The summed E-state index contributed by atoms with van der Waals surface area (Å²) in [6.07, 6.45) is 2.99. The number of aromatic nitrogens is 1.